The van der Waals surface area contributed by atoms with E-state index in [4.69, 9.17) is 11.6 Å². The lowest BCUT2D eigenvalue weighted by Crippen LogP contribution is -2.27. The summed E-state index contributed by atoms with van der Waals surface area (Å²) in [5.74, 6) is 0.608. The van der Waals surface area contributed by atoms with E-state index in [2.05, 4.69) is 20.8 Å². The van der Waals surface area contributed by atoms with Gasteiger partial charge in [0.1, 0.15) is 5.78 Å². The molecule has 1 aliphatic rings. The van der Waals surface area contributed by atoms with E-state index >= 15 is 0 Å². The minimum absolute atomic E-state index is 0.00114. The maximum Gasteiger partial charge on any atom is 0.229 e. The monoisotopic (exact) mass is 367 g/mol. The topological polar surface area (TPSA) is 37.4 Å². The summed E-state index contributed by atoms with van der Waals surface area (Å²) in [5, 5.41) is 0. The van der Waals surface area contributed by atoms with Crippen molar-refractivity contribution >= 4 is 23.3 Å². The first-order valence-corrected chi connectivity index (χ1v) is 9.82. The van der Waals surface area contributed by atoms with E-state index in [1.54, 1.807) is 23.7 Å². The highest BCUT2D eigenvalue weighted by atomic mass is 35.5. The number of allylic oxidation sites excluding steroid dienone is 2. The van der Waals surface area contributed by atoms with Crippen LogP contribution in [-0.4, -0.2) is 23.6 Å². The van der Waals surface area contributed by atoms with Gasteiger partial charge in [0, 0.05) is 37.5 Å². The standard InChI is InChI=1S/C21H34ClNO2/c1-16-9-6-7-10-17(15-22)13-18(21(2,3)4)14-19(24)11-8-12-23(5)20(16)25/h8,12,15-16,18H,6-7,9-11,13-14H2,1-5H3/b12-8-,17-15+/t16-,18+/m1/s1. The quantitative estimate of drug-likeness (QED) is 0.551. The zero-order valence-corrected chi connectivity index (χ0v) is 17.2. The number of nitrogens with zero attached hydrogens (tertiary/aromatic N) is 1. The Morgan fingerprint density at radius 3 is 2.48 bits per heavy atom. The summed E-state index contributed by atoms with van der Waals surface area (Å²) in [5.41, 5.74) is 2.97. The lowest BCUT2D eigenvalue weighted by atomic mass is 9.74. The first kappa shape index (κ1) is 22.0. The highest BCUT2D eigenvalue weighted by molar-refractivity contribution is 6.25. The third-order valence-corrected chi connectivity index (χ3v) is 5.50. The molecule has 0 aromatic rings. The van der Waals surface area contributed by atoms with Crippen LogP contribution in [0.3, 0.4) is 0 Å². The van der Waals surface area contributed by atoms with Crippen molar-refractivity contribution in [3.8, 4) is 0 Å². The Morgan fingerprint density at radius 1 is 1.20 bits per heavy atom. The second-order valence-electron chi connectivity index (χ2n) is 8.46. The van der Waals surface area contributed by atoms with Crippen molar-refractivity contribution in [1.82, 2.24) is 4.90 Å². The van der Waals surface area contributed by atoms with E-state index in [0.29, 0.717) is 12.8 Å². The van der Waals surface area contributed by atoms with E-state index in [1.165, 1.54) is 5.57 Å². The van der Waals surface area contributed by atoms with E-state index in [1.807, 2.05) is 13.0 Å². The highest BCUT2D eigenvalue weighted by Gasteiger charge is 2.27. The molecule has 0 saturated heterocycles. The molecule has 1 aliphatic heterocycles. The molecule has 0 bridgehead atoms. The number of amides is 1. The summed E-state index contributed by atoms with van der Waals surface area (Å²) in [6.07, 6.45) is 9.22. The van der Waals surface area contributed by atoms with Crippen LogP contribution in [0.4, 0.5) is 0 Å². The van der Waals surface area contributed by atoms with Gasteiger partial charge in [-0.05, 0) is 37.0 Å². The molecule has 25 heavy (non-hydrogen) atoms. The first-order chi connectivity index (χ1) is 11.6. The molecule has 0 aliphatic carbocycles. The van der Waals surface area contributed by atoms with Crippen molar-refractivity contribution in [2.45, 2.75) is 72.6 Å². The summed E-state index contributed by atoms with van der Waals surface area (Å²) in [6, 6.07) is 0. The van der Waals surface area contributed by atoms with Crippen molar-refractivity contribution in [1.29, 1.82) is 0 Å². The lowest BCUT2D eigenvalue weighted by molar-refractivity contribution is -0.131. The molecule has 2 atom stereocenters. The molecule has 0 unspecified atom stereocenters. The molecule has 142 valence electrons. The van der Waals surface area contributed by atoms with Gasteiger partial charge in [0.25, 0.3) is 0 Å². The third-order valence-electron chi connectivity index (χ3n) is 5.19. The smallest absolute Gasteiger partial charge is 0.229 e. The van der Waals surface area contributed by atoms with Gasteiger partial charge in [-0.3, -0.25) is 9.59 Å². The molecule has 3 nitrogen and oxygen atoms in total. The number of hydrogen-bond donors (Lipinski definition) is 0. The normalized spacial score (nSPS) is 28.6. The minimum Gasteiger partial charge on any atom is -0.322 e. The Balaban J connectivity index is 2.95. The Hall–Kier alpha value is -1.09. The first-order valence-electron chi connectivity index (χ1n) is 9.38. The Morgan fingerprint density at radius 2 is 1.88 bits per heavy atom. The van der Waals surface area contributed by atoms with Crippen LogP contribution in [0.25, 0.3) is 0 Å². The lowest BCUT2D eigenvalue weighted by Gasteiger charge is -2.31. The average Bonchev–Trinajstić information content (AvgIpc) is 2.53. The molecule has 0 saturated carbocycles. The number of ketones is 1. The van der Waals surface area contributed by atoms with E-state index in [-0.39, 0.29) is 28.9 Å². The molecule has 0 radical (unpaired) electrons. The van der Waals surface area contributed by atoms with Gasteiger partial charge in [0.05, 0.1) is 0 Å². The highest BCUT2D eigenvalue weighted by Crippen LogP contribution is 2.36. The van der Waals surface area contributed by atoms with Crippen molar-refractivity contribution < 1.29 is 9.59 Å². The van der Waals surface area contributed by atoms with E-state index < -0.39 is 0 Å². The largest absolute Gasteiger partial charge is 0.322 e. The second kappa shape index (κ2) is 10.2. The maximum absolute atomic E-state index is 12.4. The van der Waals surface area contributed by atoms with Gasteiger partial charge in [-0.25, -0.2) is 0 Å². The van der Waals surface area contributed by atoms with Gasteiger partial charge < -0.3 is 4.90 Å². The van der Waals surface area contributed by atoms with Gasteiger partial charge in [-0.15, -0.1) is 0 Å². The van der Waals surface area contributed by atoms with Crippen molar-refractivity contribution in [2.75, 3.05) is 7.05 Å². The Labute approximate surface area is 158 Å². The zero-order valence-electron chi connectivity index (χ0n) is 16.5. The SMILES string of the molecule is C[C@@H]1CCCC/C(=C\Cl)C[C@H](C(C)(C)C)CC(=O)C/C=C\N(C)C1=O. The molecular formula is C21H34ClNO2. The number of carbonyl (C=O) groups is 2. The number of Topliss-reactive ketones (excluding diaryl/α,β-unsaturated/α-hetero) is 1. The summed E-state index contributed by atoms with van der Waals surface area (Å²) in [6.45, 7) is 8.54. The van der Waals surface area contributed by atoms with Gasteiger partial charge in [0.2, 0.25) is 5.91 Å². The van der Waals surface area contributed by atoms with Crippen LogP contribution < -0.4 is 0 Å². The molecular weight excluding hydrogens is 334 g/mol. The zero-order chi connectivity index (χ0) is 19.0. The second-order valence-corrected chi connectivity index (χ2v) is 8.68. The number of hydrogen-bond acceptors (Lipinski definition) is 2. The van der Waals surface area contributed by atoms with Gasteiger partial charge in [-0.2, -0.15) is 0 Å². The van der Waals surface area contributed by atoms with Crippen LogP contribution >= 0.6 is 11.6 Å². The van der Waals surface area contributed by atoms with Crippen molar-refractivity contribution in [3.63, 3.8) is 0 Å². The van der Waals surface area contributed by atoms with E-state index in [9.17, 15) is 9.59 Å². The van der Waals surface area contributed by atoms with E-state index in [0.717, 1.165) is 32.1 Å². The molecule has 1 amide bonds. The van der Waals surface area contributed by atoms with Crippen LogP contribution in [0.5, 0.6) is 0 Å². The van der Waals surface area contributed by atoms with Gasteiger partial charge in [0.15, 0.2) is 0 Å². The van der Waals surface area contributed by atoms with Crippen molar-refractivity contribution in [2.24, 2.45) is 17.3 Å². The fourth-order valence-corrected chi connectivity index (χ4v) is 3.45. The van der Waals surface area contributed by atoms with Gasteiger partial charge in [-0.1, -0.05) is 57.4 Å². The van der Waals surface area contributed by atoms with Crippen LogP contribution in [0.15, 0.2) is 23.4 Å². The minimum atomic E-state index is 0.00114. The number of rotatable bonds is 0. The summed E-state index contributed by atoms with van der Waals surface area (Å²) in [7, 11) is 1.77. The number of carbonyl (C=O) groups excluding carboxylic acids is 2. The molecule has 1 heterocycles. The summed E-state index contributed by atoms with van der Waals surface area (Å²) in [4.78, 5) is 26.4. The average molecular weight is 368 g/mol. The molecule has 0 fully saturated rings. The molecule has 4 heteroatoms. The third kappa shape index (κ3) is 7.77. The van der Waals surface area contributed by atoms with Crippen molar-refractivity contribution in [3.05, 3.63) is 23.4 Å². The number of halogens is 1. The summed E-state index contributed by atoms with van der Waals surface area (Å²) < 4.78 is 0. The fourth-order valence-electron chi connectivity index (χ4n) is 3.25. The van der Waals surface area contributed by atoms with Crippen LogP contribution in [0.2, 0.25) is 0 Å². The predicted octanol–water partition coefficient (Wildman–Crippen LogP) is 5.69. The molecule has 0 spiro atoms. The van der Waals surface area contributed by atoms with Gasteiger partial charge >= 0.3 is 0 Å². The molecule has 0 aromatic carbocycles. The predicted molar refractivity (Wildman–Crippen MR) is 105 cm³/mol. The van der Waals surface area contributed by atoms with Crippen LogP contribution in [0, 0.1) is 17.3 Å². The van der Waals surface area contributed by atoms with Crippen LogP contribution in [0.1, 0.15) is 72.6 Å². The fraction of sp³-hybridized carbons (Fsp3) is 0.714. The maximum atomic E-state index is 12.4. The Bertz CT molecular complexity index is 516. The molecule has 1 rings (SSSR count). The molecule has 0 N–H and O–H groups in total. The summed E-state index contributed by atoms with van der Waals surface area (Å²) >= 11 is 6.06. The Kier molecular flexibility index (Phi) is 8.92. The molecule has 0 aromatic heterocycles. The van der Waals surface area contributed by atoms with Crippen LogP contribution in [-0.2, 0) is 9.59 Å².